The van der Waals surface area contributed by atoms with Gasteiger partial charge in [0.1, 0.15) is 0 Å². The van der Waals surface area contributed by atoms with Crippen LogP contribution in [0.25, 0.3) is 0 Å². The summed E-state index contributed by atoms with van der Waals surface area (Å²) in [5.74, 6) is 0. The van der Waals surface area contributed by atoms with Gasteiger partial charge >= 0.3 is 0 Å². The van der Waals surface area contributed by atoms with E-state index in [-0.39, 0.29) is 0 Å². The fourth-order valence-corrected chi connectivity index (χ4v) is 2.48. The zero-order valence-corrected chi connectivity index (χ0v) is 9.61. The van der Waals surface area contributed by atoms with Crippen LogP contribution >= 0.6 is 0 Å². The molecule has 1 aromatic carbocycles. The number of hydrogen-bond donors (Lipinski definition) is 0. The van der Waals surface area contributed by atoms with Crippen molar-refractivity contribution in [2.75, 3.05) is 0 Å². The Morgan fingerprint density at radius 3 is 2.46 bits per heavy atom. The van der Waals surface area contributed by atoms with Crippen LogP contribution in [0.5, 0.6) is 0 Å². The predicted octanol–water partition coefficient (Wildman–Crippen LogP) is 2.38. The number of hydrogen-bond acceptors (Lipinski definition) is 0. The second-order valence-corrected chi connectivity index (χ2v) is 6.03. The maximum atomic E-state index is 3.85. The van der Waals surface area contributed by atoms with Crippen LogP contribution in [-0.4, -0.2) is 14.8 Å². The summed E-state index contributed by atoms with van der Waals surface area (Å²) in [4.78, 5) is 0. The minimum atomic E-state index is 0.332. The highest BCUT2D eigenvalue weighted by molar-refractivity contribution is 6.50. The lowest BCUT2D eigenvalue weighted by Crippen LogP contribution is -2.21. The highest BCUT2D eigenvalue weighted by atomic mass is 28.2. The monoisotopic (exact) mass is 189 g/mol. The molecule has 0 heterocycles. The SMILES string of the molecule is [CH2]CC=[SiH]C(C)(C)c1ccccc1. The second-order valence-electron chi connectivity index (χ2n) is 3.78. The van der Waals surface area contributed by atoms with Crippen molar-refractivity contribution in [3.05, 3.63) is 42.8 Å². The molecule has 69 valence electrons. The van der Waals surface area contributed by atoms with Gasteiger partial charge in [0.15, 0.2) is 0 Å². The van der Waals surface area contributed by atoms with Crippen molar-refractivity contribution in [2.24, 2.45) is 0 Å². The Bertz CT molecular complexity index is 272. The Kier molecular flexibility index (Phi) is 3.61. The van der Waals surface area contributed by atoms with Crippen molar-refractivity contribution in [3.8, 4) is 0 Å². The molecule has 1 heteroatoms. The third-order valence-electron chi connectivity index (χ3n) is 2.22. The molecule has 0 spiro atoms. The molecule has 0 fully saturated rings. The molecule has 1 aromatic rings. The van der Waals surface area contributed by atoms with Crippen LogP contribution in [0.3, 0.4) is 0 Å². The Balaban J connectivity index is 2.87. The Labute approximate surface area is 83.4 Å². The Morgan fingerprint density at radius 1 is 1.31 bits per heavy atom. The van der Waals surface area contributed by atoms with Gasteiger partial charge in [0.2, 0.25) is 0 Å². The van der Waals surface area contributed by atoms with Crippen LogP contribution in [0.15, 0.2) is 30.3 Å². The second kappa shape index (κ2) is 4.52. The minimum Gasteiger partial charge on any atom is -0.106 e. The van der Waals surface area contributed by atoms with E-state index in [9.17, 15) is 0 Å². The van der Waals surface area contributed by atoms with Crippen LogP contribution in [0, 0.1) is 6.92 Å². The normalized spacial score (nSPS) is 12.2. The molecule has 0 saturated heterocycles. The largest absolute Gasteiger partial charge is 0.106 e. The molecule has 0 nitrogen and oxygen atoms in total. The van der Waals surface area contributed by atoms with Crippen molar-refractivity contribution in [1.29, 1.82) is 0 Å². The lowest BCUT2D eigenvalue weighted by Gasteiger charge is -2.20. The molecule has 0 atom stereocenters. The van der Waals surface area contributed by atoms with Gasteiger partial charge in [0.25, 0.3) is 0 Å². The lowest BCUT2D eigenvalue weighted by molar-refractivity contribution is 0.761. The fraction of sp³-hybridized carbons (Fsp3) is 0.333. The molecular formula is C12H17Si. The smallest absolute Gasteiger partial charge is 0.000694 e. The summed E-state index contributed by atoms with van der Waals surface area (Å²) in [5, 5.41) is 0.332. The first-order chi connectivity index (χ1) is 6.17. The average Bonchev–Trinajstić information content (AvgIpc) is 2.16. The van der Waals surface area contributed by atoms with E-state index < -0.39 is 0 Å². The Morgan fingerprint density at radius 2 is 1.92 bits per heavy atom. The zero-order valence-electron chi connectivity index (χ0n) is 8.46. The van der Waals surface area contributed by atoms with Gasteiger partial charge in [-0.15, -0.1) is 5.67 Å². The molecule has 13 heavy (non-hydrogen) atoms. The average molecular weight is 189 g/mol. The van der Waals surface area contributed by atoms with Crippen LogP contribution in [0.4, 0.5) is 0 Å². The highest BCUT2D eigenvalue weighted by Crippen LogP contribution is 2.18. The summed E-state index contributed by atoms with van der Waals surface area (Å²) in [5.41, 5.74) is 3.77. The number of rotatable bonds is 3. The van der Waals surface area contributed by atoms with Gasteiger partial charge in [-0.2, -0.15) is 0 Å². The van der Waals surface area contributed by atoms with Crippen molar-refractivity contribution in [1.82, 2.24) is 0 Å². The van der Waals surface area contributed by atoms with Gasteiger partial charge in [0, 0.05) is 0 Å². The predicted molar refractivity (Wildman–Crippen MR) is 62.7 cm³/mol. The topological polar surface area (TPSA) is 0 Å². The quantitative estimate of drug-likeness (QED) is 0.641. The molecule has 0 saturated carbocycles. The van der Waals surface area contributed by atoms with Crippen molar-refractivity contribution in [2.45, 2.75) is 25.3 Å². The zero-order chi connectivity index (χ0) is 9.73. The Hall–Kier alpha value is -0.693. The summed E-state index contributed by atoms with van der Waals surface area (Å²) in [6, 6.07) is 10.7. The van der Waals surface area contributed by atoms with Gasteiger partial charge in [-0.05, 0) is 33.1 Å². The molecule has 0 N–H and O–H groups in total. The van der Waals surface area contributed by atoms with Crippen molar-refractivity contribution in [3.63, 3.8) is 0 Å². The molecule has 0 bridgehead atoms. The van der Waals surface area contributed by atoms with Gasteiger partial charge in [-0.3, -0.25) is 0 Å². The summed E-state index contributed by atoms with van der Waals surface area (Å²) in [6.07, 6.45) is 0.950. The third-order valence-corrected chi connectivity index (χ3v) is 3.95. The maximum Gasteiger partial charge on any atom is -0.000694 e. The van der Waals surface area contributed by atoms with E-state index in [2.05, 4.69) is 56.8 Å². The molecule has 0 aromatic heterocycles. The molecule has 1 rings (SSSR count). The van der Waals surface area contributed by atoms with E-state index >= 15 is 0 Å². The van der Waals surface area contributed by atoms with E-state index in [1.54, 1.807) is 0 Å². The van der Waals surface area contributed by atoms with Gasteiger partial charge in [-0.1, -0.05) is 44.2 Å². The van der Waals surface area contributed by atoms with Crippen LogP contribution < -0.4 is 0 Å². The molecule has 0 aliphatic rings. The molecule has 0 aliphatic carbocycles. The number of benzene rings is 1. The first kappa shape index (κ1) is 10.4. The van der Waals surface area contributed by atoms with E-state index in [0.717, 1.165) is 6.42 Å². The molecule has 0 aliphatic heterocycles. The molecule has 1 radical (unpaired) electrons. The van der Waals surface area contributed by atoms with Crippen LogP contribution in [-0.2, 0) is 5.04 Å². The highest BCUT2D eigenvalue weighted by Gasteiger charge is 2.15. The minimum absolute atomic E-state index is 0.332. The van der Waals surface area contributed by atoms with E-state index in [1.807, 2.05) is 0 Å². The van der Waals surface area contributed by atoms with E-state index in [4.69, 9.17) is 0 Å². The lowest BCUT2D eigenvalue weighted by atomic mass is 10.0. The molecular weight excluding hydrogens is 172 g/mol. The maximum absolute atomic E-state index is 3.85. The first-order valence-corrected chi connectivity index (χ1v) is 5.93. The summed E-state index contributed by atoms with van der Waals surface area (Å²) < 4.78 is 0. The van der Waals surface area contributed by atoms with Crippen molar-refractivity contribution >= 4 is 14.8 Å². The van der Waals surface area contributed by atoms with Crippen LogP contribution in [0.1, 0.15) is 25.8 Å². The van der Waals surface area contributed by atoms with Gasteiger partial charge < -0.3 is 0 Å². The van der Waals surface area contributed by atoms with Crippen molar-refractivity contribution < 1.29 is 0 Å². The molecule has 0 unspecified atom stereocenters. The van der Waals surface area contributed by atoms with Gasteiger partial charge in [-0.25, -0.2) is 0 Å². The van der Waals surface area contributed by atoms with E-state index in [0.29, 0.717) is 14.2 Å². The molecule has 0 amide bonds. The summed E-state index contributed by atoms with van der Waals surface area (Å²) in [6.45, 7) is 8.47. The third kappa shape index (κ3) is 2.92. The summed E-state index contributed by atoms with van der Waals surface area (Å²) in [7, 11) is 0.351. The standard InChI is InChI=1S/C12H17Si/c1-4-10-13-12(2,3)11-8-6-5-7-9-11/h5-10,13H,1,4H2,2-3H3. The van der Waals surface area contributed by atoms with E-state index in [1.165, 1.54) is 5.56 Å². The first-order valence-electron chi connectivity index (χ1n) is 4.69. The fourth-order valence-electron chi connectivity index (χ4n) is 1.34. The van der Waals surface area contributed by atoms with Gasteiger partial charge in [0.05, 0.1) is 0 Å². The van der Waals surface area contributed by atoms with Crippen LogP contribution in [0.2, 0.25) is 0 Å². The summed E-state index contributed by atoms with van der Waals surface area (Å²) >= 11 is 0.